The fourth-order valence-electron chi connectivity index (χ4n) is 4.83. The lowest BCUT2D eigenvalue weighted by Crippen LogP contribution is -2.49. The summed E-state index contributed by atoms with van der Waals surface area (Å²) in [4.78, 5) is 28.0. The predicted molar refractivity (Wildman–Crippen MR) is 146 cm³/mol. The fraction of sp³-hybridized carbons (Fsp3) is 0.481. The Morgan fingerprint density at radius 1 is 1.11 bits per heavy atom. The van der Waals surface area contributed by atoms with Crippen LogP contribution >= 0.6 is 11.6 Å². The van der Waals surface area contributed by atoms with Crippen LogP contribution in [0, 0.1) is 0 Å². The van der Waals surface area contributed by atoms with Crippen LogP contribution in [0.15, 0.2) is 42.5 Å². The van der Waals surface area contributed by atoms with Gasteiger partial charge in [-0.1, -0.05) is 42.6 Å². The number of rotatable bonds is 11. The number of nitrogens with one attached hydrogen (secondary N) is 1. The molecule has 1 atom stereocenters. The molecule has 1 heterocycles. The van der Waals surface area contributed by atoms with Crippen LogP contribution in [0.2, 0.25) is 5.02 Å². The number of amides is 2. The Kier molecular flexibility index (Phi) is 9.04. The van der Waals surface area contributed by atoms with Gasteiger partial charge in [-0.25, -0.2) is 8.42 Å². The molecule has 1 aliphatic heterocycles. The molecule has 1 N–H and O–H groups in total. The number of hydrogen-bond acceptors (Lipinski definition) is 6. The van der Waals surface area contributed by atoms with Gasteiger partial charge in [-0.2, -0.15) is 0 Å². The minimum absolute atomic E-state index is 0.0576. The van der Waals surface area contributed by atoms with Gasteiger partial charge in [0.1, 0.15) is 6.04 Å². The number of ether oxygens (including phenoxy) is 2. The number of anilines is 1. The van der Waals surface area contributed by atoms with E-state index >= 15 is 0 Å². The first-order valence-corrected chi connectivity index (χ1v) is 15.1. The molecule has 1 aliphatic carbocycles. The van der Waals surface area contributed by atoms with Crippen molar-refractivity contribution in [2.24, 2.45) is 0 Å². The van der Waals surface area contributed by atoms with E-state index in [9.17, 15) is 18.0 Å². The first-order valence-electron chi connectivity index (χ1n) is 12.8. The van der Waals surface area contributed by atoms with Crippen molar-refractivity contribution in [3.05, 3.63) is 53.1 Å². The third kappa shape index (κ3) is 6.91. The molecule has 206 valence electrons. The van der Waals surface area contributed by atoms with Crippen molar-refractivity contribution in [3.8, 4) is 11.5 Å². The second-order valence-electron chi connectivity index (χ2n) is 9.76. The maximum Gasteiger partial charge on any atom is 0.242 e. The van der Waals surface area contributed by atoms with E-state index in [1.54, 1.807) is 31.2 Å². The second kappa shape index (κ2) is 12.3. The van der Waals surface area contributed by atoms with Gasteiger partial charge in [-0.05, 0) is 49.9 Å². The van der Waals surface area contributed by atoms with E-state index < -0.39 is 16.1 Å². The summed E-state index contributed by atoms with van der Waals surface area (Å²) in [5.41, 5.74) is 1.17. The SMILES string of the molecule is CC(C(=O)NC1CCCC1)N(Cc1ccccc1Cl)C(=O)CCCN(c1ccc2c(c1)OCO2)S(C)(=O)=O. The zero-order chi connectivity index (χ0) is 27.3. The second-order valence-corrected chi connectivity index (χ2v) is 12.1. The molecule has 9 nitrogen and oxygen atoms in total. The monoisotopic (exact) mass is 563 g/mol. The van der Waals surface area contributed by atoms with Gasteiger partial charge in [0, 0.05) is 36.6 Å². The van der Waals surface area contributed by atoms with Crippen LogP contribution in [0.4, 0.5) is 5.69 Å². The van der Waals surface area contributed by atoms with Crippen LogP contribution in [0.1, 0.15) is 51.0 Å². The van der Waals surface area contributed by atoms with E-state index in [1.165, 1.54) is 9.21 Å². The molecule has 2 aromatic rings. The van der Waals surface area contributed by atoms with Crippen LogP contribution in [-0.4, -0.2) is 56.8 Å². The predicted octanol–water partition coefficient (Wildman–Crippen LogP) is 4.09. The van der Waals surface area contributed by atoms with Crippen LogP contribution in [0.5, 0.6) is 11.5 Å². The third-order valence-electron chi connectivity index (χ3n) is 6.96. The Morgan fingerprint density at radius 3 is 2.53 bits per heavy atom. The first kappa shape index (κ1) is 28.0. The summed E-state index contributed by atoms with van der Waals surface area (Å²) in [7, 11) is -3.62. The normalized spacial score (nSPS) is 15.8. The van der Waals surface area contributed by atoms with Gasteiger partial charge < -0.3 is 19.7 Å². The molecule has 0 bridgehead atoms. The summed E-state index contributed by atoms with van der Waals surface area (Å²) in [5, 5.41) is 3.59. The summed E-state index contributed by atoms with van der Waals surface area (Å²) in [6.07, 6.45) is 5.50. The highest BCUT2D eigenvalue weighted by Crippen LogP contribution is 2.36. The highest BCUT2D eigenvalue weighted by molar-refractivity contribution is 7.92. The van der Waals surface area contributed by atoms with E-state index in [2.05, 4.69) is 5.32 Å². The lowest BCUT2D eigenvalue weighted by atomic mass is 10.1. The van der Waals surface area contributed by atoms with Gasteiger partial charge in [0.05, 0.1) is 11.9 Å². The van der Waals surface area contributed by atoms with Crippen molar-refractivity contribution in [1.82, 2.24) is 10.2 Å². The van der Waals surface area contributed by atoms with Gasteiger partial charge in [0.25, 0.3) is 0 Å². The van der Waals surface area contributed by atoms with Crippen molar-refractivity contribution in [1.29, 1.82) is 0 Å². The number of nitrogens with zero attached hydrogens (tertiary/aromatic N) is 2. The van der Waals surface area contributed by atoms with Crippen molar-refractivity contribution in [2.45, 2.75) is 64.1 Å². The number of benzene rings is 2. The Labute approximate surface area is 229 Å². The largest absolute Gasteiger partial charge is 0.454 e. The minimum Gasteiger partial charge on any atom is -0.454 e. The van der Waals surface area contributed by atoms with Gasteiger partial charge in [0.2, 0.25) is 28.6 Å². The van der Waals surface area contributed by atoms with Gasteiger partial charge in [-0.15, -0.1) is 0 Å². The minimum atomic E-state index is -3.62. The Balaban J connectivity index is 1.46. The van der Waals surface area contributed by atoms with Crippen molar-refractivity contribution in [3.63, 3.8) is 0 Å². The standard InChI is InChI=1S/C27H34ClN3O6S/c1-19(27(33)29-21-9-4-5-10-21)30(17-20-8-3-6-11-23(20)28)26(32)12-7-15-31(38(2,34)35)22-13-14-24-25(16-22)37-18-36-24/h3,6,8,11,13-14,16,19,21H,4-5,7,9-10,12,15,17-18H2,1-2H3,(H,29,33). The lowest BCUT2D eigenvalue weighted by molar-refractivity contribution is -0.140. The van der Waals surface area contributed by atoms with Crippen LogP contribution in [-0.2, 0) is 26.2 Å². The molecule has 38 heavy (non-hydrogen) atoms. The van der Waals surface area contributed by atoms with Gasteiger partial charge in [0.15, 0.2) is 11.5 Å². The van der Waals surface area contributed by atoms with E-state index in [0.717, 1.165) is 37.5 Å². The average molecular weight is 564 g/mol. The fourth-order valence-corrected chi connectivity index (χ4v) is 5.98. The van der Waals surface area contributed by atoms with E-state index in [4.69, 9.17) is 21.1 Å². The highest BCUT2D eigenvalue weighted by Gasteiger charge is 2.29. The molecule has 1 unspecified atom stereocenters. The Bertz CT molecular complexity index is 1270. The molecule has 0 radical (unpaired) electrons. The molecular formula is C27H34ClN3O6S. The van der Waals surface area contributed by atoms with Crippen LogP contribution in [0.25, 0.3) is 0 Å². The first-order chi connectivity index (χ1) is 18.1. The van der Waals surface area contributed by atoms with E-state index in [0.29, 0.717) is 22.2 Å². The molecule has 11 heteroatoms. The number of halogens is 1. The van der Waals surface area contributed by atoms with Crippen LogP contribution < -0.4 is 19.1 Å². The summed E-state index contributed by atoms with van der Waals surface area (Å²) >= 11 is 6.37. The Hall–Kier alpha value is -2.98. The average Bonchev–Trinajstić information content (AvgIpc) is 3.56. The van der Waals surface area contributed by atoms with Crippen molar-refractivity contribution >= 4 is 39.1 Å². The smallest absolute Gasteiger partial charge is 0.242 e. The molecule has 2 amide bonds. The van der Waals surface area contributed by atoms with Crippen LogP contribution in [0.3, 0.4) is 0 Å². The molecule has 0 saturated heterocycles. The number of hydrogen-bond donors (Lipinski definition) is 1. The summed E-state index contributed by atoms with van der Waals surface area (Å²) in [6, 6.07) is 11.6. The summed E-state index contributed by atoms with van der Waals surface area (Å²) in [6.45, 7) is 2.07. The quantitative estimate of drug-likeness (QED) is 0.441. The molecule has 2 aromatic carbocycles. The number of fused-ring (bicyclic) bond motifs is 1. The zero-order valence-electron chi connectivity index (χ0n) is 21.7. The zero-order valence-corrected chi connectivity index (χ0v) is 23.3. The van der Waals surface area contributed by atoms with Crippen molar-refractivity contribution in [2.75, 3.05) is 23.9 Å². The lowest BCUT2D eigenvalue weighted by Gasteiger charge is -2.30. The maximum atomic E-state index is 13.5. The molecule has 4 rings (SSSR count). The molecular weight excluding hydrogens is 530 g/mol. The number of carbonyl (C=O) groups excluding carboxylic acids is 2. The summed E-state index contributed by atoms with van der Waals surface area (Å²) in [5.74, 6) is 0.575. The molecule has 1 saturated carbocycles. The highest BCUT2D eigenvalue weighted by atomic mass is 35.5. The van der Waals surface area contributed by atoms with Gasteiger partial charge in [-0.3, -0.25) is 13.9 Å². The van der Waals surface area contributed by atoms with Crippen molar-refractivity contribution < 1.29 is 27.5 Å². The molecule has 1 fully saturated rings. The molecule has 0 spiro atoms. The topological polar surface area (TPSA) is 105 Å². The maximum absolute atomic E-state index is 13.5. The molecule has 0 aromatic heterocycles. The third-order valence-corrected chi connectivity index (χ3v) is 8.53. The number of sulfonamides is 1. The van der Waals surface area contributed by atoms with Gasteiger partial charge >= 0.3 is 0 Å². The number of carbonyl (C=O) groups is 2. The van der Waals surface area contributed by atoms with E-state index in [-0.39, 0.29) is 50.6 Å². The molecule has 2 aliphatic rings. The summed E-state index contributed by atoms with van der Waals surface area (Å²) < 4.78 is 37.1. The Morgan fingerprint density at radius 2 is 1.82 bits per heavy atom. The van der Waals surface area contributed by atoms with E-state index in [1.807, 2.05) is 18.2 Å².